The summed E-state index contributed by atoms with van der Waals surface area (Å²) < 4.78 is 29.7. The highest BCUT2D eigenvalue weighted by Crippen LogP contribution is 2.35. The first-order valence-electron chi connectivity index (χ1n) is 9.85. The molecule has 0 spiro atoms. The Bertz CT molecular complexity index is 1220. The molecule has 1 aliphatic carbocycles. The van der Waals surface area contributed by atoms with Gasteiger partial charge in [0.15, 0.2) is 0 Å². The van der Waals surface area contributed by atoms with Crippen LogP contribution in [-0.2, 0) is 10.0 Å². The van der Waals surface area contributed by atoms with Gasteiger partial charge in [0.25, 0.3) is 0 Å². The molecule has 2 atom stereocenters. The van der Waals surface area contributed by atoms with Crippen LogP contribution in [0.5, 0.6) is 0 Å². The van der Waals surface area contributed by atoms with Crippen LogP contribution in [-0.4, -0.2) is 29.4 Å². The molecule has 2 aromatic carbocycles. The van der Waals surface area contributed by atoms with E-state index in [9.17, 15) is 18.8 Å². The fourth-order valence-electron chi connectivity index (χ4n) is 4.10. The van der Waals surface area contributed by atoms with E-state index in [0.29, 0.717) is 12.1 Å². The number of para-hydroxylation sites is 2. The van der Waals surface area contributed by atoms with Gasteiger partial charge in [0.2, 0.25) is 10.0 Å². The van der Waals surface area contributed by atoms with Crippen LogP contribution in [0.2, 0.25) is 0 Å². The van der Waals surface area contributed by atoms with Crippen molar-refractivity contribution < 1.29 is 13.6 Å². The van der Waals surface area contributed by atoms with Crippen molar-refractivity contribution in [3.8, 4) is 5.69 Å². The predicted molar refractivity (Wildman–Crippen MR) is 118 cm³/mol. The molecule has 31 heavy (non-hydrogen) atoms. The number of anilines is 1. The lowest BCUT2D eigenvalue weighted by molar-refractivity contribution is 0.296. The van der Waals surface area contributed by atoms with Crippen LogP contribution in [0.3, 0.4) is 0 Å². The van der Waals surface area contributed by atoms with E-state index >= 15 is 0 Å². The Morgan fingerprint density at radius 3 is 2.48 bits per heavy atom. The first-order valence-corrected chi connectivity index (χ1v) is 11.3. The van der Waals surface area contributed by atoms with Gasteiger partial charge in [-0.25, -0.2) is 17.8 Å². The zero-order valence-corrected chi connectivity index (χ0v) is 18.0. The highest BCUT2D eigenvalue weighted by molar-refractivity contribution is 7.89. The number of benzene rings is 2. The molecule has 0 aliphatic heterocycles. The number of hydrogen-bond donors (Lipinski definition) is 2. The summed E-state index contributed by atoms with van der Waals surface area (Å²) in [6.45, 7) is 3.78. The van der Waals surface area contributed by atoms with E-state index in [1.807, 2.05) is 26.0 Å². The number of allylic oxidation sites excluding steroid dienone is 1. The Morgan fingerprint density at radius 1 is 1.10 bits per heavy atom. The second kappa shape index (κ2) is 8.27. The minimum absolute atomic E-state index is 0.0260. The maximum atomic E-state index is 12.6. The lowest BCUT2D eigenvalue weighted by Crippen LogP contribution is -2.32. The zero-order chi connectivity index (χ0) is 22.2. The monoisotopic (exact) mass is 439 g/mol. The number of aromatic nitrogens is 2. The summed E-state index contributed by atoms with van der Waals surface area (Å²) in [7, 11) is -3.61. The quantitative estimate of drug-likeness (QED) is 0.449. The van der Waals surface area contributed by atoms with Crippen molar-refractivity contribution in [2.24, 2.45) is 0 Å². The van der Waals surface area contributed by atoms with Crippen LogP contribution in [0, 0.1) is 19.1 Å². The van der Waals surface area contributed by atoms with Gasteiger partial charge in [0, 0.05) is 23.2 Å². The molecule has 0 bridgehead atoms. The highest BCUT2D eigenvalue weighted by Gasteiger charge is 2.29. The van der Waals surface area contributed by atoms with Gasteiger partial charge in [-0.15, -0.1) is 0 Å². The standard InChI is InChI=1S/C22H23N4O4S/c1-15-22(16(2)25(23-15)20-10-6-7-11-21(20)26(27)28)17-12-13-18(14-17)24-31(29,30)19-8-4-3-5-9-19/h3-13,17-18,24,27H,14H2,1-2H3/q-1/t17-,18+/m0/s1. The van der Waals surface area contributed by atoms with Crippen LogP contribution in [0.25, 0.3) is 5.69 Å². The van der Waals surface area contributed by atoms with Gasteiger partial charge < -0.3 is 10.4 Å². The first kappa shape index (κ1) is 21.3. The average molecular weight is 440 g/mol. The molecule has 1 aliphatic rings. The normalized spacial score (nSPS) is 18.5. The van der Waals surface area contributed by atoms with Crippen molar-refractivity contribution in [2.75, 3.05) is 5.23 Å². The van der Waals surface area contributed by atoms with Crippen molar-refractivity contribution in [3.63, 3.8) is 0 Å². The van der Waals surface area contributed by atoms with Gasteiger partial charge in [-0.1, -0.05) is 42.5 Å². The number of rotatable bonds is 6. The SMILES string of the molecule is Cc1nn(-c2ccccc2N([O-])O)c(C)c1[C@H]1C=C[C@@H](NS(=O)(=O)c2ccccc2)C1. The molecule has 0 amide bonds. The molecule has 9 heteroatoms. The highest BCUT2D eigenvalue weighted by atomic mass is 32.2. The molecule has 8 nitrogen and oxygen atoms in total. The number of nitrogens with one attached hydrogen (secondary N) is 1. The number of aryl methyl sites for hydroxylation is 1. The third kappa shape index (κ3) is 4.13. The first-order chi connectivity index (χ1) is 14.8. The Kier molecular flexibility index (Phi) is 5.67. The van der Waals surface area contributed by atoms with E-state index in [-0.39, 0.29) is 27.8 Å². The largest absolute Gasteiger partial charge is 0.733 e. The molecule has 1 heterocycles. The predicted octanol–water partition coefficient (Wildman–Crippen LogP) is 3.57. The van der Waals surface area contributed by atoms with Crippen LogP contribution in [0.4, 0.5) is 5.69 Å². The maximum Gasteiger partial charge on any atom is 0.241 e. The van der Waals surface area contributed by atoms with Crippen molar-refractivity contribution in [1.82, 2.24) is 14.5 Å². The van der Waals surface area contributed by atoms with Crippen LogP contribution < -0.4 is 9.95 Å². The lowest BCUT2D eigenvalue weighted by atomic mass is 9.96. The van der Waals surface area contributed by atoms with Crippen LogP contribution >= 0.6 is 0 Å². The topological polar surface area (TPSA) is 111 Å². The number of sulfonamides is 1. The summed E-state index contributed by atoms with van der Waals surface area (Å²) in [5.41, 5.74) is 3.14. The van der Waals surface area contributed by atoms with Crippen molar-refractivity contribution >= 4 is 15.7 Å². The number of nitrogens with zero attached hydrogens (tertiary/aromatic N) is 3. The maximum absolute atomic E-state index is 12.6. The zero-order valence-electron chi connectivity index (χ0n) is 17.1. The fourth-order valence-corrected chi connectivity index (χ4v) is 5.32. The van der Waals surface area contributed by atoms with E-state index in [1.165, 1.54) is 6.07 Å². The smallest absolute Gasteiger partial charge is 0.241 e. The molecule has 0 unspecified atom stereocenters. The van der Waals surface area contributed by atoms with E-state index in [4.69, 9.17) is 0 Å². The Morgan fingerprint density at radius 2 is 1.77 bits per heavy atom. The van der Waals surface area contributed by atoms with E-state index in [0.717, 1.165) is 17.0 Å². The molecule has 0 radical (unpaired) electrons. The van der Waals surface area contributed by atoms with Gasteiger partial charge in [0.1, 0.15) is 0 Å². The van der Waals surface area contributed by atoms with Crippen LogP contribution in [0.1, 0.15) is 29.3 Å². The van der Waals surface area contributed by atoms with E-state index in [1.54, 1.807) is 53.2 Å². The molecule has 2 N–H and O–H groups in total. The summed E-state index contributed by atoms with van der Waals surface area (Å²) in [5, 5.41) is 25.4. The lowest BCUT2D eigenvalue weighted by Gasteiger charge is -2.24. The fraction of sp³-hybridized carbons (Fsp3) is 0.227. The van der Waals surface area contributed by atoms with Crippen molar-refractivity contribution in [2.45, 2.75) is 37.1 Å². The molecule has 0 saturated carbocycles. The molecular formula is C22H23N4O4S-. The summed E-state index contributed by atoms with van der Waals surface area (Å²) >= 11 is 0. The van der Waals surface area contributed by atoms with E-state index < -0.39 is 10.0 Å². The van der Waals surface area contributed by atoms with Crippen LogP contribution in [0.15, 0.2) is 71.6 Å². The molecule has 3 aromatic rings. The third-order valence-corrected chi connectivity index (χ3v) is 6.98. The summed E-state index contributed by atoms with van der Waals surface area (Å²) in [6, 6.07) is 14.6. The molecule has 0 fully saturated rings. The van der Waals surface area contributed by atoms with Crippen molar-refractivity contribution in [1.29, 1.82) is 0 Å². The molecular weight excluding hydrogens is 416 g/mol. The summed E-state index contributed by atoms with van der Waals surface area (Å²) in [4.78, 5) is 0.231. The van der Waals surface area contributed by atoms with Gasteiger partial charge in [-0.05, 0) is 44.5 Å². The second-order valence-electron chi connectivity index (χ2n) is 7.53. The molecule has 0 saturated heterocycles. The number of hydrogen-bond acceptors (Lipinski definition) is 6. The minimum Gasteiger partial charge on any atom is -0.733 e. The second-order valence-corrected chi connectivity index (χ2v) is 9.24. The Hall–Kier alpha value is -2.98. The van der Waals surface area contributed by atoms with E-state index in [2.05, 4.69) is 9.82 Å². The summed E-state index contributed by atoms with van der Waals surface area (Å²) in [6.07, 6.45) is 4.41. The minimum atomic E-state index is -3.61. The average Bonchev–Trinajstić information content (AvgIpc) is 3.31. The third-order valence-electron chi connectivity index (χ3n) is 5.48. The van der Waals surface area contributed by atoms with Gasteiger partial charge in [-0.3, -0.25) is 5.21 Å². The molecule has 1 aromatic heterocycles. The van der Waals surface area contributed by atoms with Crippen molar-refractivity contribution in [3.05, 3.63) is 88.9 Å². The van der Waals surface area contributed by atoms with Gasteiger partial charge in [-0.2, -0.15) is 5.10 Å². The Balaban J connectivity index is 1.58. The summed E-state index contributed by atoms with van der Waals surface area (Å²) in [5.74, 6) is -0.0260. The molecule has 4 rings (SSSR count). The van der Waals surface area contributed by atoms with Gasteiger partial charge in [0.05, 0.1) is 22.0 Å². The Labute approximate surface area is 181 Å². The van der Waals surface area contributed by atoms with Gasteiger partial charge >= 0.3 is 0 Å². The molecule has 162 valence electrons.